The second-order valence-corrected chi connectivity index (χ2v) is 4.10. The summed E-state index contributed by atoms with van der Waals surface area (Å²) in [6.07, 6.45) is 1.61. The van der Waals surface area contributed by atoms with Gasteiger partial charge in [0.25, 0.3) is 0 Å². The summed E-state index contributed by atoms with van der Waals surface area (Å²) in [7, 11) is 0. The molecule has 0 aliphatic heterocycles. The van der Waals surface area contributed by atoms with Crippen LogP contribution < -0.4 is 5.32 Å². The number of benzene rings is 1. The summed E-state index contributed by atoms with van der Waals surface area (Å²) in [5.74, 6) is -2.23. The van der Waals surface area contributed by atoms with Gasteiger partial charge < -0.3 is 10.4 Å². The molecule has 0 saturated heterocycles. The number of hydrogen-bond donors (Lipinski definition) is 2. The van der Waals surface area contributed by atoms with E-state index in [0.717, 1.165) is 12.2 Å². The lowest BCUT2D eigenvalue weighted by Gasteiger charge is -2.07. The second kappa shape index (κ2) is 5.58. The van der Waals surface area contributed by atoms with Crippen molar-refractivity contribution in [1.82, 2.24) is 0 Å². The Balaban J connectivity index is 2.85. The number of aryl methyl sites for hydroxylation is 1. The van der Waals surface area contributed by atoms with E-state index in [1.165, 1.54) is 12.1 Å². The molecule has 0 heterocycles. The molecular formula is C11H9BrFNO3. The maximum atomic E-state index is 13.1. The van der Waals surface area contributed by atoms with E-state index >= 15 is 0 Å². The molecule has 0 saturated carbocycles. The standard InChI is InChI=1S/C11H9BrFNO3/c1-6-4-8(13)7(12)5-9(6)14-10(15)2-3-11(16)17/h2-5H,1H3,(H,14,15)(H,16,17)/b3-2+. The van der Waals surface area contributed by atoms with Gasteiger partial charge in [-0.05, 0) is 40.5 Å². The Morgan fingerprint density at radius 3 is 2.65 bits per heavy atom. The number of halogens is 2. The number of anilines is 1. The van der Waals surface area contributed by atoms with E-state index < -0.39 is 17.7 Å². The summed E-state index contributed by atoms with van der Waals surface area (Å²) >= 11 is 2.99. The van der Waals surface area contributed by atoms with E-state index in [-0.39, 0.29) is 4.47 Å². The van der Waals surface area contributed by atoms with Crippen LogP contribution >= 0.6 is 15.9 Å². The largest absolute Gasteiger partial charge is 0.478 e. The molecule has 0 atom stereocenters. The summed E-state index contributed by atoms with van der Waals surface area (Å²) in [5.41, 5.74) is 0.959. The van der Waals surface area contributed by atoms with Crippen molar-refractivity contribution >= 4 is 33.5 Å². The molecule has 0 radical (unpaired) electrons. The number of nitrogens with one attached hydrogen (secondary N) is 1. The molecule has 2 N–H and O–H groups in total. The highest BCUT2D eigenvalue weighted by Gasteiger charge is 2.07. The maximum Gasteiger partial charge on any atom is 0.328 e. The first-order chi connectivity index (χ1) is 7.90. The molecule has 6 heteroatoms. The van der Waals surface area contributed by atoms with Crippen LogP contribution in [0.3, 0.4) is 0 Å². The van der Waals surface area contributed by atoms with Gasteiger partial charge >= 0.3 is 5.97 Å². The first kappa shape index (κ1) is 13.4. The molecule has 0 unspecified atom stereocenters. The molecule has 1 aromatic carbocycles. The van der Waals surface area contributed by atoms with Gasteiger partial charge in [0.2, 0.25) is 5.91 Å². The molecule has 90 valence electrons. The van der Waals surface area contributed by atoms with Gasteiger partial charge in [-0.2, -0.15) is 0 Å². The summed E-state index contributed by atoms with van der Waals surface area (Å²) in [6.45, 7) is 1.63. The van der Waals surface area contributed by atoms with Crippen LogP contribution in [0.1, 0.15) is 5.56 Å². The lowest BCUT2D eigenvalue weighted by molar-refractivity contribution is -0.131. The fourth-order valence-corrected chi connectivity index (χ4v) is 1.45. The number of aliphatic carboxylic acids is 1. The number of carbonyl (C=O) groups is 2. The van der Waals surface area contributed by atoms with Crippen molar-refractivity contribution in [3.05, 3.63) is 40.1 Å². The van der Waals surface area contributed by atoms with Crippen molar-refractivity contribution in [2.75, 3.05) is 5.32 Å². The smallest absolute Gasteiger partial charge is 0.328 e. The van der Waals surface area contributed by atoms with E-state index in [9.17, 15) is 14.0 Å². The average Bonchev–Trinajstić information content (AvgIpc) is 2.23. The third-order valence-corrected chi connectivity index (χ3v) is 2.51. The Morgan fingerprint density at radius 1 is 1.41 bits per heavy atom. The number of carboxylic acids is 1. The molecule has 0 bridgehead atoms. The Labute approximate surface area is 105 Å². The fourth-order valence-electron chi connectivity index (χ4n) is 1.10. The van der Waals surface area contributed by atoms with Gasteiger partial charge in [-0.3, -0.25) is 4.79 Å². The van der Waals surface area contributed by atoms with Crippen LogP contribution in [-0.2, 0) is 9.59 Å². The van der Waals surface area contributed by atoms with Crippen LogP contribution in [0.5, 0.6) is 0 Å². The van der Waals surface area contributed by atoms with E-state index in [1.807, 2.05) is 0 Å². The molecule has 4 nitrogen and oxygen atoms in total. The normalized spacial score (nSPS) is 10.5. The van der Waals surface area contributed by atoms with Crippen LogP contribution in [0.4, 0.5) is 10.1 Å². The molecule has 1 rings (SSSR count). The Morgan fingerprint density at radius 2 is 2.06 bits per heavy atom. The third kappa shape index (κ3) is 3.99. The lowest BCUT2D eigenvalue weighted by Crippen LogP contribution is -2.10. The first-order valence-corrected chi connectivity index (χ1v) is 5.37. The van der Waals surface area contributed by atoms with E-state index in [1.54, 1.807) is 6.92 Å². The van der Waals surface area contributed by atoms with Crippen molar-refractivity contribution < 1.29 is 19.1 Å². The summed E-state index contributed by atoms with van der Waals surface area (Å²) in [5, 5.41) is 10.8. The van der Waals surface area contributed by atoms with E-state index in [4.69, 9.17) is 5.11 Å². The van der Waals surface area contributed by atoms with E-state index in [0.29, 0.717) is 11.3 Å². The van der Waals surface area contributed by atoms with Crippen molar-refractivity contribution in [2.24, 2.45) is 0 Å². The number of amides is 1. The average molecular weight is 302 g/mol. The zero-order valence-electron chi connectivity index (χ0n) is 8.83. The van der Waals surface area contributed by atoms with Gasteiger partial charge in [0.1, 0.15) is 5.82 Å². The molecule has 0 spiro atoms. The van der Waals surface area contributed by atoms with Crippen LogP contribution in [0.25, 0.3) is 0 Å². The third-order valence-electron chi connectivity index (χ3n) is 1.90. The van der Waals surface area contributed by atoms with Crippen molar-refractivity contribution in [3.8, 4) is 0 Å². The zero-order valence-corrected chi connectivity index (χ0v) is 10.4. The van der Waals surface area contributed by atoms with Crippen LogP contribution in [0, 0.1) is 12.7 Å². The topological polar surface area (TPSA) is 66.4 Å². The molecule has 0 aliphatic rings. The minimum Gasteiger partial charge on any atom is -0.478 e. The molecule has 0 fully saturated rings. The molecule has 0 aromatic heterocycles. The summed E-state index contributed by atoms with van der Waals surface area (Å²) in [4.78, 5) is 21.5. The molecule has 0 aliphatic carbocycles. The molecule has 1 amide bonds. The lowest BCUT2D eigenvalue weighted by atomic mass is 10.2. The predicted molar refractivity (Wildman–Crippen MR) is 64.2 cm³/mol. The van der Waals surface area contributed by atoms with Crippen LogP contribution in [0.2, 0.25) is 0 Å². The Hall–Kier alpha value is -1.69. The highest BCUT2D eigenvalue weighted by atomic mass is 79.9. The maximum absolute atomic E-state index is 13.1. The SMILES string of the molecule is Cc1cc(F)c(Br)cc1NC(=O)/C=C/C(=O)O. The Bertz CT molecular complexity index is 500. The first-order valence-electron chi connectivity index (χ1n) is 4.58. The predicted octanol–water partition coefficient (Wildman–Crippen LogP) is 2.48. The summed E-state index contributed by atoms with van der Waals surface area (Å²) < 4.78 is 13.3. The van der Waals surface area contributed by atoms with Gasteiger partial charge in [-0.25, -0.2) is 9.18 Å². The van der Waals surface area contributed by atoms with E-state index in [2.05, 4.69) is 21.2 Å². The minimum atomic E-state index is -1.21. The molecule has 1 aromatic rings. The molecular weight excluding hydrogens is 293 g/mol. The van der Waals surface area contributed by atoms with Crippen molar-refractivity contribution in [1.29, 1.82) is 0 Å². The highest BCUT2D eigenvalue weighted by molar-refractivity contribution is 9.10. The van der Waals surface area contributed by atoms with Gasteiger partial charge in [-0.1, -0.05) is 0 Å². The van der Waals surface area contributed by atoms with Crippen molar-refractivity contribution in [2.45, 2.75) is 6.92 Å². The quantitative estimate of drug-likeness (QED) is 0.843. The summed E-state index contributed by atoms with van der Waals surface area (Å²) in [6, 6.07) is 2.68. The fraction of sp³-hybridized carbons (Fsp3) is 0.0909. The minimum absolute atomic E-state index is 0.223. The molecule has 17 heavy (non-hydrogen) atoms. The van der Waals surface area contributed by atoms with Gasteiger partial charge in [-0.15, -0.1) is 0 Å². The monoisotopic (exact) mass is 301 g/mol. The van der Waals surface area contributed by atoms with Crippen molar-refractivity contribution in [3.63, 3.8) is 0 Å². The van der Waals surface area contributed by atoms with Gasteiger partial charge in [0.05, 0.1) is 4.47 Å². The number of rotatable bonds is 3. The number of hydrogen-bond acceptors (Lipinski definition) is 2. The Kier molecular flexibility index (Phi) is 4.39. The number of carboxylic acid groups (broad SMARTS) is 1. The highest BCUT2D eigenvalue weighted by Crippen LogP contribution is 2.24. The van der Waals surface area contributed by atoms with Gasteiger partial charge in [0, 0.05) is 17.8 Å². The zero-order chi connectivity index (χ0) is 13.0. The van der Waals surface area contributed by atoms with Gasteiger partial charge in [0.15, 0.2) is 0 Å². The number of carbonyl (C=O) groups excluding carboxylic acids is 1. The second-order valence-electron chi connectivity index (χ2n) is 3.24. The van der Waals surface area contributed by atoms with Crippen LogP contribution in [0.15, 0.2) is 28.8 Å². The van der Waals surface area contributed by atoms with Crippen LogP contribution in [-0.4, -0.2) is 17.0 Å².